The molecule has 1 aromatic heterocycles. The second-order valence-corrected chi connectivity index (χ2v) is 4.53. The number of hydrogen-bond acceptors (Lipinski definition) is 5. The van der Waals surface area contributed by atoms with E-state index in [1.807, 2.05) is 0 Å². The molecule has 100 valence electrons. The van der Waals surface area contributed by atoms with Crippen LogP contribution in [0, 0.1) is 10.1 Å². The maximum atomic E-state index is 10.8. The molecule has 0 spiro atoms. The monoisotopic (exact) mass is 317 g/mol. The zero-order chi connectivity index (χ0) is 13.5. The third-order valence-corrected chi connectivity index (χ3v) is 2.97. The van der Waals surface area contributed by atoms with Gasteiger partial charge in [-0.3, -0.25) is 10.1 Å². The summed E-state index contributed by atoms with van der Waals surface area (Å²) in [7, 11) is 0. The first-order chi connectivity index (χ1) is 8.58. The number of aromatic nitrogens is 1. The zero-order valence-electron chi connectivity index (χ0n) is 10.4. The van der Waals surface area contributed by atoms with Crippen LogP contribution < -0.4 is 4.74 Å². The fourth-order valence-electron chi connectivity index (χ4n) is 1.47. The Hall–Kier alpha value is -1.21. The van der Waals surface area contributed by atoms with Gasteiger partial charge in [-0.05, 0) is 29.0 Å². The number of pyridine rings is 1. The van der Waals surface area contributed by atoms with Crippen molar-refractivity contribution < 1.29 is 9.66 Å². The van der Waals surface area contributed by atoms with Gasteiger partial charge in [0, 0.05) is 23.3 Å². The summed E-state index contributed by atoms with van der Waals surface area (Å²) in [6.07, 6.45) is 1.49. The highest BCUT2D eigenvalue weighted by Gasteiger charge is 2.17. The van der Waals surface area contributed by atoms with Crippen LogP contribution in [0.5, 0.6) is 5.88 Å². The highest BCUT2D eigenvalue weighted by atomic mass is 79.9. The van der Waals surface area contributed by atoms with Crippen LogP contribution in [-0.2, 0) is 0 Å². The minimum absolute atomic E-state index is 0.0651. The number of hydrogen-bond donors (Lipinski definition) is 0. The first kappa shape index (κ1) is 14.8. The van der Waals surface area contributed by atoms with Crippen LogP contribution in [-0.4, -0.2) is 41.0 Å². The molecular weight excluding hydrogens is 302 g/mol. The van der Waals surface area contributed by atoms with Gasteiger partial charge >= 0.3 is 5.69 Å². The smallest absolute Gasteiger partial charge is 0.332 e. The average molecular weight is 318 g/mol. The predicted molar refractivity (Wildman–Crippen MR) is 71.9 cm³/mol. The summed E-state index contributed by atoms with van der Waals surface area (Å²) in [4.78, 5) is 16.4. The van der Waals surface area contributed by atoms with E-state index in [0.717, 1.165) is 19.6 Å². The van der Waals surface area contributed by atoms with E-state index in [1.165, 1.54) is 12.3 Å². The van der Waals surface area contributed by atoms with E-state index in [2.05, 4.69) is 39.7 Å². The molecule has 6 nitrogen and oxygen atoms in total. The molecule has 0 bridgehead atoms. The van der Waals surface area contributed by atoms with Crippen LogP contribution >= 0.6 is 15.9 Å². The van der Waals surface area contributed by atoms with Gasteiger partial charge in [0.05, 0.1) is 4.92 Å². The van der Waals surface area contributed by atoms with Crippen LogP contribution in [0.3, 0.4) is 0 Å². The molecule has 0 atom stereocenters. The van der Waals surface area contributed by atoms with Gasteiger partial charge in [0.1, 0.15) is 6.61 Å². The van der Waals surface area contributed by atoms with Gasteiger partial charge in [-0.15, -0.1) is 0 Å². The molecule has 0 radical (unpaired) electrons. The van der Waals surface area contributed by atoms with Crippen molar-refractivity contribution in [1.29, 1.82) is 0 Å². The number of nitro groups is 1. The summed E-state index contributed by atoms with van der Waals surface area (Å²) in [5.74, 6) is 0.0651. The number of halogens is 1. The molecule has 0 aromatic carbocycles. The lowest BCUT2D eigenvalue weighted by molar-refractivity contribution is -0.386. The molecule has 0 N–H and O–H groups in total. The summed E-state index contributed by atoms with van der Waals surface area (Å²) in [5, 5.41) is 10.8. The fourth-order valence-corrected chi connectivity index (χ4v) is 1.79. The number of nitrogens with zero attached hydrogens (tertiary/aromatic N) is 3. The van der Waals surface area contributed by atoms with Gasteiger partial charge in [0.2, 0.25) is 0 Å². The van der Waals surface area contributed by atoms with E-state index >= 15 is 0 Å². The Kier molecular flexibility index (Phi) is 6.00. The highest BCUT2D eigenvalue weighted by molar-refractivity contribution is 9.10. The molecule has 1 aromatic rings. The van der Waals surface area contributed by atoms with Crippen molar-refractivity contribution in [2.24, 2.45) is 0 Å². The van der Waals surface area contributed by atoms with Crippen molar-refractivity contribution in [3.05, 3.63) is 26.9 Å². The predicted octanol–water partition coefficient (Wildman–Crippen LogP) is 2.47. The van der Waals surface area contributed by atoms with Crippen LogP contribution in [0.2, 0.25) is 0 Å². The quantitative estimate of drug-likeness (QED) is 0.571. The topological polar surface area (TPSA) is 68.5 Å². The Morgan fingerprint density at radius 2 is 2.17 bits per heavy atom. The van der Waals surface area contributed by atoms with Crippen molar-refractivity contribution in [1.82, 2.24) is 9.88 Å². The Labute approximate surface area is 114 Å². The summed E-state index contributed by atoms with van der Waals surface area (Å²) >= 11 is 3.15. The molecule has 0 saturated carbocycles. The lowest BCUT2D eigenvalue weighted by Crippen LogP contribution is -2.28. The first-order valence-electron chi connectivity index (χ1n) is 5.73. The van der Waals surface area contributed by atoms with Crippen LogP contribution in [0.25, 0.3) is 0 Å². The van der Waals surface area contributed by atoms with Crippen molar-refractivity contribution in [2.45, 2.75) is 13.8 Å². The molecule has 1 rings (SSSR count). The van der Waals surface area contributed by atoms with Crippen LogP contribution in [0.1, 0.15) is 13.8 Å². The van der Waals surface area contributed by atoms with Crippen molar-refractivity contribution >= 4 is 21.6 Å². The summed E-state index contributed by atoms with van der Waals surface area (Å²) < 4.78 is 5.93. The molecule has 1 heterocycles. The molecule has 0 fully saturated rings. The number of likely N-dealkylation sites (N-methyl/N-ethyl adjacent to an activating group) is 1. The number of ether oxygens (including phenoxy) is 1. The second-order valence-electron chi connectivity index (χ2n) is 3.61. The zero-order valence-corrected chi connectivity index (χ0v) is 12.0. The van der Waals surface area contributed by atoms with Gasteiger partial charge in [0.15, 0.2) is 0 Å². The van der Waals surface area contributed by atoms with Gasteiger partial charge in [-0.25, -0.2) is 4.98 Å². The lowest BCUT2D eigenvalue weighted by Gasteiger charge is -2.17. The van der Waals surface area contributed by atoms with E-state index < -0.39 is 4.92 Å². The maximum absolute atomic E-state index is 10.8. The van der Waals surface area contributed by atoms with Crippen molar-refractivity contribution in [3.63, 3.8) is 0 Å². The Bertz CT molecular complexity index is 411. The molecule has 0 unspecified atom stereocenters. The SMILES string of the molecule is CCN(CC)CCOc1ncc(Br)cc1[N+](=O)[O-]. The van der Waals surface area contributed by atoms with E-state index in [4.69, 9.17) is 4.74 Å². The van der Waals surface area contributed by atoms with Crippen molar-refractivity contribution in [2.75, 3.05) is 26.2 Å². The first-order valence-corrected chi connectivity index (χ1v) is 6.52. The molecule has 0 amide bonds. The molecule has 18 heavy (non-hydrogen) atoms. The Morgan fingerprint density at radius 1 is 1.50 bits per heavy atom. The molecule has 0 aliphatic carbocycles. The van der Waals surface area contributed by atoms with E-state index in [0.29, 0.717) is 11.1 Å². The van der Waals surface area contributed by atoms with Crippen LogP contribution in [0.15, 0.2) is 16.7 Å². The Balaban J connectivity index is 2.64. The number of rotatable bonds is 7. The van der Waals surface area contributed by atoms with Crippen LogP contribution in [0.4, 0.5) is 5.69 Å². The average Bonchev–Trinajstić information content (AvgIpc) is 2.36. The standard InChI is InChI=1S/C11H16BrN3O3/c1-3-14(4-2)5-6-18-11-10(15(16)17)7-9(12)8-13-11/h7-8H,3-6H2,1-2H3. The van der Waals surface area contributed by atoms with Gasteiger partial charge in [-0.1, -0.05) is 13.8 Å². The molecular formula is C11H16BrN3O3. The van der Waals surface area contributed by atoms with Gasteiger partial charge in [-0.2, -0.15) is 0 Å². The fraction of sp³-hybridized carbons (Fsp3) is 0.545. The molecule has 7 heteroatoms. The normalized spacial score (nSPS) is 10.7. The summed E-state index contributed by atoms with van der Waals surface area (Å²) in [6.45, 7) is 7.08. The summed E-state index contributed by atoms with van der Waals surface area (Å²) in [6, 6.07) is 1.39. The maximum Gasteiger partial charge on any atom is 0.332 e. The third-order valence-electron chi connectivity index (χ3n) is 2.54. The minimum atomic E-state index is -0.496. The van der Waals surface area contributed by atoms with Crippen molar-refractivity contribution in [3.8, 4) is 5.88 Å². The van der Waals surface area contributed by atoms with Gasteiger partial charge in [0.25, 0.3) is 5.88 Å². The van der Waals surface area contributed by atoms with E-state index in [-0.39, 0.29) is 11.6 Å². The second kappa shape index (κ2) is 7.27. The summed E-state index contributed by atoms with van der Waals surface area (Å²) in [5.41, 5.74) is -0.121. The van der Waals surface area contributed by atoms with E-state index in [1.54, 1.807) is 0 Å². The Morgan fingerprint density at radius 3 is 2.72 bits per heavy atom. The highest BCUT2D eigenvalue weighted by Crippen LogP contribution is 2.27. The minimum Gasteiger partial charge on any atom is -0.471 e. The molecule has 0 saturated heterocycles. The lowest BCUT2D eigenvalue weighted by atomic mass is 10.4. The largest absolute Gasteiger partial charge is 0.471 e. The third kappa shape index (κ3) is 4.23. The molecule has 0 aliphatic heterocycles. The molecule has 0 aliphatic rings. The van der Waals surface area contributed by atoms with Gasteiger partial charge < -0.3 is 9.64 Å². The van der Waals surface area contributed by atoms with E-state index in [9.17, 15) is 10.1 Å².